The van der Waals surface area contributed by atoms with Gasteiger partial charge in [-0.05, 0) is 40.3 Å². The van der Waals surface area contributed by atoms with Gasteiger partial charge in [-0.25, -0.2) is 0 Å². The Morgan fingerprint density at radius 3 is 1.52 bits per heavy atom. The van der Waals surface area contributed by atoms with Crippen molar-refractivity contribution >= 4 is 0 Å². The summed E-state index contributed by atoms with van der Waals surface area (Å²) in [7, 11) is 0. The van der Waals surface area contributed by atoms with Crippen LogP contribution in [0.25, 0.3) is 11.1 Å². The van der Waals surface area contributed by atoms with E-state index in [4.69, 9.17) is 0 Å². The van der Waals surface area contributed by atoms with Crippen LogP contribution in [0.1, 0.15) is 22.3 Å². The Morgan fingerprint density at radius 2 is 1.04 bits per heavy atom. The molecule has 4 aromatic rings. The molecule has 1 N–H and O–H groups in total. The third-order valence-corrected chi connectivity index (χ3v) is 5.11. The maximum Gasteiger partial charge on any atom is 0.140 e. The maximum absolute atomic E-state index is 11.9. The first-order valence-electron chi connectivity index (χ1n) is 9.19. The van der Waals surface area contributed by atoms with Crippen molar-refractivity contribution in [1.29, 1.82) is 0 Å². The third kappa shape index (κ3) is 3.18. The van der Waals surface area contributed by atoms with Gasteiger partial charge in [0.2, 0.25) is 0 Å². The van der Waals surface area contributed by atoms with Gasteiger partial charge >= 0.3 is 0 Å². The molecule has 0 bridgehead atoms. The van der Waals surface area contributed by atoms with Crippen LogP contribution in [0, 0.1) is 6.92 Å². The second kappa shape index (κ2) is 7.22. The van der Waals surface area contributed by atoms with Gasteiger partial charge in [-0.1, -0.05) is 109 Å². The fourth-order valence-corrected chi connectivity index (χ4v) is 3.69. The van der Waals surface area contributed by atoms with Crippen molar-refractivity contribution in [2.24, 2.45) is 0 Å². The molecule has 132 valence electrons. The molecule has 1 nitrogen and oxygen atoms in total. The first-order chi connectivity index (χ1) is 13.2. The zero-order valence-electron chi connectivity index (χ0n) is 15.3. The number of hydrogen-bond donors (Lipinski definition) is 1. The van der Waals surface area contributed by atoms with Crippen LogP contribution in [0.4, 0.5) is 0 Å². The minimum Gasteiger partial charge on any atom is -0.376 e. The Hall–Kier alpha value is -3.16. The molecule has 0 radical (unpaired) electrons. The molecule has 1 heteroatoms. The van der Waals surface area contributed by atoms with Gasteiger partial charge in [0.25, 0.3) is 0 Å². The molecule has 0 aliphatic rings. The fourth-order valence-electron chi connectivity index (χ4n) is 3.69. The lowest BCUT2D eigenvalue weighted by Crippen LogP contribution is -2.28. The van der Waals surface area contributed by atoms with E-state index < -0.39 is 5.60 Å². The molecular weight excluding hydrogens is 328 g/mol. The highest BCUT2D eigenvalue weighted by atomic mass is 16.3. The van der Waals surface area contributed by atoms with E-state index in [1.165, 1.54) is 11.1 Å². The van der Waals surface area contributed by atoms with Crippen molar-refractivity contribution in [3.63, 3.8) is 0 Å². The van der Waals surface area contributed by atoms with Crippen molar-refractivity contribution in [1.82, 2.24) is 0 Å². The van der Waals surface area contributed by atoms with Gasteiger partial charge in [0.1, 0.15) is 5.60 Å². The van der Waals surface area contributed by atoms with Gasteiger partial charge in [0, 0.05) is 0 Å². The van der Waals surface area contributed by atoms with Gasteiger partial charge in [-0.2, -0.15) is 0 Å². The predicted molar refractivity (Wildman–Crippen MR) is 112 cm³/mol. The molecule has 27 heavy (non-hydrogen) atoms. The summed E-state index contributed by atoms with van der Waals surface area (Å²) in [4.78, 5) is 0. The molecule has 0 aromatic heterocycles. The Morgan fingerprint density at radius 1 is 0.556 bits per heavy atom. The van der Waals surface area contributed by atoms with Crippen molar-refractivity contribution in [3.05, 3.63) is 131 Å². The SMILES string of the molecule is Cc1cc(C(O)(c2ccccc2)c2ccccc2)ccc1-c1ccccc1. The molecule has 0 saturated carbocycles. The molecule has 0 heterocycles. The molecule has 0 amide bonds. The monoisotopic (exact) mass is 350 g/mol. The highest BCUT2D eigenvalue weighted by Gasteiger charge is 2.33. The van der Waals surface area contributed by atoms with Crippen molar-refractivity contribution in [2.75, 3.05) is 0 Å². The zero-order valence-corrected chi connectivity index (χ0v) is 15.3. The van der Waals surface area contributed by atoms with Crippen LogP contribution < -0.4 is 0 Å². The van der Waals surface area contributed by atoms with Gasteiger partial charge in [-0.3, -0.25) is 0 Å². The fraction of sp³-hybridized carbons (Fsp3) is 0.0769. The minimum atomic E-state index is -1.19. The molecule has 0 unspecified atom stereocenters. The number of aryl methyl sites for hydroxylation is 1. The summed E-state index contributed by atoms with van der Waals surface area (Å²) in [6.45, 7) is 2.10. The molecule has 0 atom stereocenters. The van der Waals surface area contributed by atoms with Gasteiger partial charge in [0.05, 0.1) is 0 Å². The molecule has 0 spiro atoms. The van der Waals surface area contributed by atoms with Crippen LogP contribution in [0.5, 0.6) is 0 Å². The minimum absolute atomic E-state index is 0.864. The number of hydrogen-bond acceptors (Lipinski definition) is 1. The summed E-state index contributed by atoms with van der Waals surface area (Å²) in [5, 5.41) is 11.9. The van der Waals surface area contributed by atoms with E-state index >= 15 is 0 Å². The molecule has 4 aromatic carbocycles. The average molecular weight is 350 g/mol. The Balaban J connectivity index is 1.88. The van der Waals surface area contributed by atoms with Gasteiger partial charge in [-0.15, -0.1) is 0 Å². The highest BCUT2D eigenvalue weighted by Crippen LogP contribution is 2.38. The van der Waals surface area contributed by atoms with Crippen LogP contribution in [0.2, 0.25) is 0 Å². The normalized spacial score (nSPS) is 11.3. The van der Waals surface area contributed by atoms with Crippen LogP contribution in [-0.4, -0.2) is 5.11 Å². The number of rotatable bonds is 4. The topological polar surface area (TPSA) is 20.2 Å². The smallest absolute Gasteiger partial charge is 0.140 e. The van der Waals surface area contributed by atoms with Crippen molar-refractivity contribution < 1.29 is 5.11 Å². The van der Waals surface area contributed by atoms with E-state index in [9.17, 15) is 5.11 Å². The highest BCUT2D eigenvalue weighted by molar-refractivity contribution is 5.68. The van der Waals surface area contributed by atoms with E-state index in [-0.39, 0.29) is 0 Å². The third-order valence-electron chi connectivity index (χ3n) is 5.11. The number of aliphatic hydroxyl groups is 1. The Kier molecular flexibility index (Phi) is 4.62. The molecule has 0 aliphatic heterocycles. The molecule has 4 rings (SSSR count). The zero-order chi connectivity index (χ0) is 18.7. The quantitative estimate of drug-likeness (QED) is 0.451. The molecule has 0 fully saturated rings. The van der Waals surface area contributed by atoms with Crippen LogP contribution in [0.3, 0.4) is 0 Å². The first-order valence-corrected chi connectivity index (χ1v) is 9.19. The summed E-state index contributed by atoms with van der Waals surface area (Å²) < 4.78 is 0. The van der Waals surface area contributed by atoms with E-state index in [0.29, 0.717) is 0 Å². The summed E-state index contributed by atoms with van der Waals surface area (Å²) in [6.07, 6.45) is 0. The van der Waals surface area contributed by atoms with E-state index in [0.717, 1.165) is 22.3 Å². The summed E-state index contributed by atoms with van der Waals surface area (Å²) in [5.41, 5.74) is 4.92. The van der Waals surface area contributed by atoms with Crippen molar-refractivity contribution in [2.45, 2.75) is 12.5 Å². The predicted octanol–water partition coefficient (Wildman–Crippen LogP) is 5.95. The Labute approximate surface area is 160 Å². The lowest BCUT2D eigenvalue weighted by atomic mass is 9.79. The van der Waals surface area contributed by atoms with E-state index in [2.05, 4.69) is 31.2 Å². The van der Waals surface area contributed by atoms with Crippen LogP contribution in [-0.2, 0) is 5.60 Å². The average Bonchev–Trinajstić information content (AvgIpc) is 2.75. The second-order valence-corrected chi connectivity index (χ2v) is 6.84. The van der Waals surface area contributed by atoms with E-state index in [1.807, 2.05) is 84.9 Å². The van der Waals surface area contributed by atoms with E-state index in [1.54, 1.807) is 0 Å². The van der Waals surface area contributed by atoms with Gasteiger partial charge < -0.3 is 5.11 Å². The van der Waals surface area contributed by atoms with Crippen LogP contribution >= 0.6 is 0 Å². The standard InChI is InChI=1S/C26H22O/c1-20-19-24(17-18-25(20)21-11-5-2-6-12-21)26(27,22-13-7-3-8-14-22)23-15-9-4-10-16-23/h2-19,27H,1H3. The molecule has 0 aliphatic carbocycles. The lowest BCUT2D eigenvalue weighted by molar-refractivity contribution is 0.125. The van der Waals surface area contributed by atoms with Crippen molar-refractivity contribution in [3.8, 4) is 11.1 Å². The van der Waals surface area contributed by atoms with Crippen LogP contribution in [0.15, 0.2) is 109 Å². The first kappa shape index (κ1) is 17.3. The largest absolute Gasteiger partial charge is 0.376 e. The summed E-state index contributed by atoms with van der Waals surface area (Å²) in [5.74, 6) is 0. The summed E-state index contributed by atoms with van der Waals surface area (Å²) >= 11 is 0. The second-order valence-electron chi connectivity index (χ2n) is 6.84. The maximum atomic E-state index is 11.9. The van der Waals surface area contributed by atoms with Gasteiger partial charge in [0.15, 0.2) is 0 Å². The molecule has 0 saturated heterocycles. The number of benzene rings is 4. The molecular formula is C26H22O. The Bertz CT molecular complexity index is 982. The summed E-state index contributed by atoms with van der Waals surface area (Å²) in [6, 6.07) is 36.3. The lowest BCUT2D eigenvalue weighted by Gasteiger charge is -2.30.